The van der Waals surface area contributed by atoms with E-state index in [1.165, 1.54) is 25.1 Å². The van der Waals surface area contributed by atoms with Crippen LogP contribution in [0.2, 0.25) is 0 Å². The molecule has 5 rings (SSSR count). The molecule has 0 bridgehead atoms. The minimum Gasteiger partial charge on any atom is -0.508 e. The zero-order valence-electron chi connectivity index (χ0n) is 23.2. The zero-order chi connectivity index (χ0) is 31.6. The van der Waals surface area contributed by atoms with Crippen molar-refractivity contribution in [3.63, 3.8) is 0 Å². The number of amides is 1. The van der Waals surface area contributed by atoms with Gasteiger partial charge in [-0.25, -0.2) is 0 Å². The number of fused-ring (bicyclic) bond motifs is 3. The molecule has 7 N–H and O–H groups in total. The third kappa shape index (κ3) is 4.86. The van der Waals surface area contributed by atoms with Crippen LogP contribution in [0.15, 0.2) is 53.3 Å². The highest BCUT2D eigenvalue weighted by Crippen LogP contribution is 2.53. The fraction of sp³-hybridized carbons (Fsp3) is 0.367. The number of Topliss-reactive ketones (excluding diaryl/α,β-unsaturated/α-hetero) is 2. The first kappa shape index (κ1) is 30.3. The number of rotatable bonds is 6. The van der Waals surface area contributed by atoms with Gasteiger partial charge in [0, 0.05) is 18.0 Å². The monoisotopic (exact) mass is 601 g/mol. The molecule has 0 saturated heterocycles. The fourth-order valence-corrected chi connectivity index (χ4v) is 6.67. The molecule has 1 unspecified atom stereocenters. The van der Waals surface area contributed by atoms with Gasteiger partial charge in [0.25, 0.3) is 5.91 Å². The minimum atomic E-state index is -4.34. The summed E-state index contributed by atoms with van der Waals surface area (Å²) in [6.45, 7) is -1.15. The van der Waals surface area contributed by atoms with Gasteiger partial charge in [0.1, 0.15) is 22.8 Å². The van der Waals surface area contributed by atoms with Crippen LogP contribution < -0.4 is 11.1 Å². The molecule has 10 nitrogen and oxygen atoms in total. The van der Waals surface area contributed by atoms with E-state index >= 15 is 0 Å². The van der Waals surface area contributed by atoms with Crippen molar-refractivity contribution in [3.8, 4) is 16.9 Å². The number of nitrogens with one attached hydrogen (secondary N) is 1. The summed E-state index contributed by atoms with van der Waals surface area (Å²) in [7, 11) is 3.04. The molecule has 3 aliphatic rings. The predicted molar refractivity (Wildman–Crippen MR) is 147 cm³/mol. The molecular formula is C30H30F3N3O7. The Hall–Kier alpha value is -4.20. The van der Waals surface area contributed by atoms with E-state index in [9.17, 15) is 48.0 Å². The van der Waals surface area contributed by atoms with E-state index < -0.39 is 70.8 Å². The zero-order valence-corrected chi connectivity index (χ0v) is 23.2. The summed E-state index contributed by atoms with van der Waals surface area (Å²) < 4.78 is 37.4. The number of halogens is 3. The van der Waals surface area contributed by atoms with Gasteiger partial charge < -0.3 is 31.5 Å². The number of aliphatic hydroxyl groups is 3. The highest BCUT2D eigenvalue weighted by Gasteiger charge is 2.64. The number of nitrogens with two attached hydrogens (primary N) is 1. The van der Waals surface area contributed by atoms with Crippen LogP contribution in [-0.2, 0) is 27.3 Å². The second-order valence-electron chi connectivity index (χ2n) is 11.4. The van der Waals surface area contributed by atoms with Crippen molar-refractivity contribution in [1.29, 1.82) is 0 Å². The highest BCUT2D eigenvalue weighted by atomic mass is 19.4. The normalized spacial score (nSPS) is 25.5. The number of phenolic OH excluding ortho intramolecular Hbond substituents is 1. The summed E-state index contributed by atoms with van der Waals surface area (Å²) >= 11 is 0. The van der Waals surface area contributed by atoms with E-state index in [0.717, 1.165) is 0 Å². The Morgan fingerprint density at radius 3 is 2.33 bits per heavy atom. The molecule has 1 saturated carbocycles. The summed E-state index contributed by atoms with van der Waals surface area (Å²) in [5.41, 5.74) is 3.72. The number of aromatic hydroxyl groups is 1. The van der Waals surface area contributed by atoms with Gasteiger partial charge in [-0.3, -0.25) is 19.3 Å². The third-order valence-corrected chi connectivity index (χ3v) is 8.52. The van der Waals surface area contributed by atoms with E-state index in [-0.39, 0.29) is 36.3 Å². The number of hydrogen-bond acceptors (Lipinski definition) is 9. The maximum Gasteiger partial charge on any atom is 0.401 e. The van der Waals surface area contributed by atoms with Crippen LogP contribution in [0.4, 0.5) is 13.2 Å². The molecule has 1 fully saturated rings. The summed E-state index contributed by atoms with van der Waals surface area (Å²) in [5, 5.41) is 47.1. The maximum atomic E-state index is 13.9. The number of likely N-dealkylation sites (N-methyl/N-ethyl adjacent to an activating group) is 1. The fourth-order valence-electron chi connectivity index (χ4n) is 6.67. The molecule has 228 valence electrons. The van der Waals surface area contributed by atoms with Crippen LogP contribution in [-0.4, -0.2) is 81.3 Å². The van der Waals surface area contributed by atoms with Gasteiger partial charge >= 0.3 is 6.18 Å². The Morgan fingerprint density at radius 1 is 1.09 bits per heavy atom. The lowest BCUT2D eigenvalue weighted by Crippen LogP contribution is -2.65. The second kappa shape index (κ2) is 10.5. The molecule has 0 radical (unpaired) electrons. The Bertz CT molecular complexity index is 1600. The molecule has 0 aromatic heterocycles. The second-order valence-corrected chi connectivity index (χ2v) is 11.4. The molecule has 13 heteroatoms. The number of alkyl halides is 3. The van der Waals surface area contributed by atoms with E-state index in [4.69, 9.17) is 5.73 Å². The lowest BCUT2D eigenvalue weighted by atomic mass is 9.57. The molecule has 0 aliphatic heterocycles. The number of aliphatic hydroxyl groups excluding tert-OH is 2. The molecule has 4 atom stereocenters. The lowest BCUT2D eigenvalue weighted by molar-refractivity contribution is -0.153. The number of carbonyl (C=O) groups is 3. The predicted octanol–water partition coefficient (Wildman–Crippen LogP) is 2.28. The Labute approximate surface area is 243 Å². The number of phenols is 1. The minimum absolute atomic E-state index is 0.0145. The van der Waals surface area contributed by atoms with Gasteiger partial charge in [-0.05, 0) is 61.2 Å². The van der Waals surface area contributed by atoms with Gasteiger partial charge in [-0.1, -0.05) is 30.3 Å². The molecular weight excluding hydrogens is 571 g/mol. The molecule has 43 heavy (non-hydrogen) atoms. The van der Waals surface area contributed by atoms with Gasteiger partial charge in [0.05, 0.1) is 18.2 Å². The van der Waals surface area contributed by atoms with Gasteiger partial charge in [0.2, 0.25) is 5.78 Å². The molecule has 1 amide bonds. The Balaban J connectivity index is 1.58. The van der Waals surface area contributed by atoms with Crippen LogP contribution >= 0.6 is 0 Å². The Kier molecular flexibility index (Phi) is 7.39. The van der Waals surface area contributed by atoms with Crippen LogP contribution in [0.3, 0.4) is 0 Å². The maximum absolute atomic E-state index is 13.9. The quantitative estimate of drug-likeness (QED) is 0.272. The third-order valence-electron chi connectivity index (χ3n) is 8.52. The van der Waals surface area contributed by atoms with Crippen molar-refractivity contribution >= 4 is 23.2 Å². The topological polar surface area (TPSA) is 173 Å². The van der Waals surface area contributed by atoms with Gasteiger partial charge in [-0.2, -0.15) is 13.2 Å². The first-order valence-electron chi connectivity index (χ1n) is 13.4. The number of carbonyl (C=O) groups excluding carboxylic acids is 3. The van der Waals surface area contributed by atoms with Crippen molar-refractivity contribution in [3.05, 3.63) is 70.0 Å². The largest absolute Gasteiger partial charge is 0.508 e. The Morgan fingerprint density at radius 2 is 1.74 bits per heavy atom. The van der Waals surface area contributed by atoms with Crippen LogP contribution in [0.25, 0.3) is 16.9 Å². The average molecular weight is 602 g/mol. The highest BCUT2D eigenvalue weighted by molar-refractivity contribution is 6.24. The first-order chi connectivity index (χ1) is 20.1. The number of nitrogens with zero attached hydrogens (tertiary/aromatic N) is 1. The van der Waals surface area contributed by atoms with Crippen LogP contribution in [0.1, 0.15) is 23.1 Å². The molecule has 2 aromatic carbocycles. The average Bonchev–Trinajstić information content (AvgIpc) is 2.90. The van der Waals surface area contributed by atoms with Crippen molar-refractivity contribution < 1.29 is 48.0 Å². The molecule has 2 aromatic rings. The summed E-state index contributed by atoms with van der Waals surface area (Å²) in [4.78, 5) is 40.7. The molecule has 0 spiro atoms. The van der Waals surface area contributed by atoms with Crippen molar-refractivity contribution in [2.24, 2.45) is 17.6 Å². The number of hydrogen-bond donors (Lipinski definition) is 6. The smallest absolute Gasteiger partial charge is 0.401 e. The van der Waals surface area contributed by atoms with E-state index in [2.05, 4.69) is 5.32 Å². The standard InChI is InChI=1S/C30H30F3N3O7/c1-36(2)23-18-10-15-9-17-16(14-5-3-13(4-6-14)11-35-12-29(31,32)33)7-8-19(37)21(17)24(38)20(15)26(40)30(18,43)27(41)22(25(23)39)28(34)42/h3-8,15,18,23,35,37-38,41,43H,9-12H2,1-2H3,(H2,34,42)/t15-,18-,23?,30+/m1/s1. The summed E-state index contributed by atoms with van der Waals surface area (Å²) in [6, 6.07) is 8.41. The number of ketones is 2. The van der Waals surface area contributed by atoms with Gasteiger partial charge in [0.15, 0.2) is 11.4 Å². The van der Waals surface area contributed by atoms with E-state index in [1.54, 1.807) is 30.3 Å². The SMILES string of the molecule is CN(C)C1C(=O)C(C(N)=O)=C(O)[C@@]2(O)C(=O)C3=C(O)c4c(O)ccc(-c5ccc(CNCC(F)(F)F)cc5)c4C[C@@H]3C[C@H]12. The molecule has 0 heterocycles. The summed E-state index contributed by atoms with van der Waals surface area (Å²) in [5.74, 6) is -7.31. The van der Waals surface area contributed by atoms with Crippen molar-refractivity contribution in [1.82, 2.24) is 10.2 Å². The molecule has 3 aliphatic carbocycles. The first-order valence-corrected chi connectivity index (χ1v) is 13.4. The van der Waals surface area contributed by atoms with Crippen molar-refractivity contribution in [2.75, 3.05) is 20.6 Å². The van der Waals surface area contributed by atoms with Gasteiger partial charge in [-0.15, -0.1) is 0 Å². The lowest BCUT2D eigenvalue weighted by Gasteiger charge is -2.50. The van der Waals surface area contributed by atoms with E-state index in [1.807, 2.05) is 0 Å². The van der Waals surface area contributed by atoms with Crippen LogP contribution in [0, 0.1) is 11.8 Å². The number of primary amides is 1. The van der Waals surface area contributed by atoms with E-state index in [0.29, 0.717) is 22.3 Å². The van der Waals surface area contributed by atoms with Crippen LogP contribution in [0.5, 0.6) is 5.75 Å². The summed E-state index contributed by atoms with van der Waals surface area (Å²) in [6.07, 6.45) is -4.29. The number of benzene rings is 2. The van der Waals surface area contributed by atoms with Crippen molar-refractivity contribution in [2.45, 2.75) is 37.2 Å².